The third kappa shape index (κ3) is 3.20. The standard InChI is InChI=1S/C12H14ClNO2/c13-11(7-9-1-2-9)8-10-3-5-12(6-4-10)14(15)16/h3-6,9,11H,1-2,7-8H2. The SMILES string of the molecule is O=[N+]([O-])c1ccc(CC(Cl)CC2CC2)cc1. The Balaban J connectivity index is 1.90. The van der Waals surface area contributed by atoms with Crippen LogP contribution in [0.3, 0.4) is 0 Å². The number of benzene rings is 1. The molecule has 2 rings (SSSR count). The maximum atomic E-state index is 10.5. The molecule has 0 aliphatic heterocycles. The molecule has 86 valence electrons. The van der Waals surface area contributed by atoms with Gasteiger partial charge in [-0.1, -0.05) is 25.0 Å². The van der Waals surface area contributed by atoms with Gasteiger partial charge in [-0.2, -0.15) is 0 Å². The number of nitro groups is 1. The van der Waals surface area contributed by atoms with Gasteiger partial charge in [-0.15, -0.1) is 11.6 Å². The molecule has 1 aromatic carbocycles. The molecule has 1 fully saturated rings. The lowest BCUT2D eigenvalue weighted by Gasteiger charge is -2.08. The number of alkyl halides is 1. The molecule has 0 spiro atoms. The van der Waals surface area contributed by atoms with Gasteiger partial charge in [0.1, 0.15) is 0 Å². The lowest BCUT2D eigenvalue weighted by Crippen LogP contribution is -2.04. The highest BCUT2D eigenvalue weighted by atomic mass is 35.5. The molecule has 1 aromatic rings. The van der Waals surface area contributed by atoms with Crippen molar-refractivity contribution in [2.45, 2.75) is 31.1 Å². The highest BCUT2D eigenvalue weighted by molar-refractivity contribution is 6.20. The first-order valence-corrected chi connectivity index (χ1v) is 5.96. The van der Waals surface area contributed by atoms with Crippen molar-refractivity contribution in [3.63, 3.8) is 0 Å². The second kappa shape index (κ2) is 4.83. The second-order valence-electron chi connectivity index (χ2n) is 4.40. The topological polar surface area (TPSA) is 43.1 Å². The summed E-state index contributed by atoms with van der Waals surface area (Å²) in [6.45, 7) is 0. The van der Waals surface area contributed by atoms with Gasteiger partial charge in [-0.25, -0.2) is 0 Å². The van der Waals surface area contributed by atoms with E-state index in [-0.39, 0.29) is 16.0 Å². The molecule has 0 heterocycles. The normalized spacial score (nSPS) is 17.1. The number of hydrogen-bond acceptors (Lipinski definition) is 2. The predicted octanol–water partition coefficient (Wildman–Crippen LogP) is 3.54. The van der Waals surface area contributed by atoms with Crippen molar-refractivity contribution in [1.29, 1.82) is 0 Å². The Hall–Kier alpha value is -1.09. The van der Waals surface area contributed by atoms with Crippen molar-refractivity contribution in [2.75, 3.05) is 0 Å². The summed E-state index contributed by atoms with van der Waals surface area (Å²) in [5.74, 6) is 0.820. The van der Waals surface area contributed by atoms with Crippen LogP contribution < -0.4 is 0 Å². The summed E-state index contributed by atoms with van der Waals surface area (Å²) in [7, 11) is 0. The number of halogens is 1. The fraction of sp³-hybridized carbons (Fsp3) is 0.500. The van der Waals surface area contributed by atoms with Crippen LogP contribution in [0.25, 0.3) is 0 Å². The van der Waals surface area contributed by atoms with E-state index in [1.165, 1.54) is 25.0 Å². The maximum Gasteiger partial charge on any atom is 0.269 e. The van der Waals surface area contributed by atoms with Gasteiger partial charge < -0.3 is 0 Å². The third-order valence-corrected chi connectivity index (χ3v) is 3.22. The Morgan fingerprint density at radius 3 is 2.50 bits per heavy atom. The molecule has 0 saturated heterocycles. The van der Waals surface area contributed by atoms with Gasteiger partial charge in [0.2, 0.25) is 0 Å². The van der Waals surface area contributed by atoms with Crippen molar-refractivity contribution >= 4 is 17.3 Å². The van der Waals surface area contributed by atoms with Crippen LogP contribution in [-0.4, -0.2) is 10.3 Å². The molecule has 0 aromatic heterocycles. The first-order valence-electron chi connectivity index (χ1n) is 5.52. The third-order valence-electron chi connectivity index (χ3n) is 2.89. The summed E-state index contributed by atoms with van der Waals surface area (Å²) in [5.41, 5.74) is 1.21. The van der Waals surface area contributed by atoms with Crippen molar-refractivity contribution in [3.8, 4) is 0 Å². The summed E-state index contributed by atoms with van der Waals surface area (Å²) >= 11 is 6.22. The monoisotopic (exact) mass is 239 g/mol. The minimum absolute atomic E-state index is 0.136. The first kappa shape index (κ1) is 11.4. The Labute approximate surface area is 99.6 Å². The molecular formula is C12H14ClNO2. The molecule has 3 nitrogen and oxygen atoms in total. The Morgan fingerprint density at radius 1 is 1.38 bits per heavy atom. The van der Waals surface area contributed by atoms with E-state index in [4.69, 9.17) is 11.6 Å². The maximum absolute atomic E-state index is 10.5. The largest absolute Gasteiger partial charge is 0.269 e. The van der Waals surface area contributed by atoms with E-state index in [0.29, 0.717) is 0 Å². The van der Waals surface area contributed by atoms with Crippen molar-refractivity contribution < 1.29 is 4.92 Å². The van der Waals surface area contributed by atoms with Gasteiger partial charge in [0, 0.05) is 17.5 Å². The van der Waals surface area contributed by atoms with Gasteiger partial charge in [-0.3, -0.25) is 10.1 Å². The van der Waals surface area contributed by atoms with E-state index in [0.717, 1.165) is 24.3 Å². The van der Waals surface area contributed by atoms with Gasteiger partial charge in [0.25, 0.3) is 5.69 Å². The first-order chi connectivity index (χ1) is 7.65. The summed E-state index contributed by atoms with van der Waals surface area (Å²) in [6, 6.07) is 6.66. The number of nitro benzene ring substituents is 1. The Morgan fingerprint density at radius 2 is 2.00 bits per heavy atom. The summed E-state index contributed by atoms with van der Waals surface area (Å²) in [6.07, 6.45) is 4.49. The average Bonchev–Trinajstić information content (AvgIpc) is 3.02. The fourth-order valence-electron chi connectivity index (χ4n) is 1.81. The van der Waals surface area contributed by atoms with Crippen LogP contribution in [0.15, 0.2) is 24.3 Å². The molecule has 4 heteroatoms. The van der Waals surface area contributed by atoms with Gasteiger partial charge in [0.15, 0.2) is 0 Å². The van der Waals surface area contributed by atoms with Gasteiger partial charge >= 0.3 is 0 Å². The van der Waals surface area contributed by atoms with Crippen LogP contribution in [0, 0.1) is 16.0 Å². The zero-order chi connectivity index (χ0) is 11.5. The van der Waals surface area contributed by atoms with Crippen LogP contribution in [0.5, 0.6) is 0 Å². The van der Waals surface area contributed by atoms with E-state index in [1.807, 2.05) is 0 Å². The average molecular weight is 240 g/mol. The van der Waals surface area contributed by atoms with Gasteiger partial charge in [-0.05, 0) is 24.3 Å². The Bertz CT molecular complexity index is 373. The quantitative estimate of drug-likeness (QED) is 0.448. The molecule has 1 unspecified atom stereocenters. The lowest BCUT2D eigenvalue weighted by molar-refractivity contribution is -0.384. The second-order valence-corrected chi connectivity index (χ2v) is 5.02. The van der Waals surface area contributed by atoms with E-state index < -0.39 is 0 Å². The van der Waals surface area contributed by atoms with Gasteiger partial charge in [0.05, 0.1) is 4.92 Å². The van der Waals surface area contributed by atoms with Crippen LogP contribution in [0.2, 0.25) is 0 Å². The zero-order valence-corrected chi connectivity index (χ0v) is 9.69. The molecular weight excluding hydrogens is 226 g/mol. The molecule has 0 N–H and O–H groups in total. The fourth-order valence-corrected chi connectivity index (χ4v) is 2.24. The Kier molecular flexibility index (Phi) is 3.44. The van der Waals surface area contributed by atoms with E-state index in [1.54, 1.807) is 12.1 Å². The number of nitrogens with zero attached hydrogens (tertiary/aromatic N) is 1. The van der Waals surface area contributed by atoms with Crippen LogP contribution in [-0.2, 0) is 6.42 Å². The molecule has 1 saturated carbocycles. The highest BCUT2D eigenvalue weighted by Crippen LogP contribution is 2.35. The number of non-ortho nitro benzene ring substituents is 1. The molecule has 0 radical (unpaired) electrons. The predicted molar refractivity (Wildman–Crippen MR) is 63.8 cm³/mol. The molecule has 16 heavy (non-hydrogen) atoms. The number of rotatable bonds is 5. The molecule has 1 aliphatic rings. The van der Waals surface area contributed by atoms with Crippen LogP contribution >= 0.6 is 11.6 Å². The molecule has 0 amide bonds. The zero-order valence-electron chi connectivity index (χ0n) is 8.93. The lowest BCUT2D eigenvalue weighted by atomic mass is 10.1. The van der Waals surface area contributed by atoms with Crippen molar-refractivity contribution in [2.24, 2.45) is 5.92 Å². The minimum atomic E-state index is -0.383. The highest BCUT2D eigenvalue weighted by Gasteiger charge is 2.24. The minimum Gasteiger partial charge on any atom is -0.258 e. The molecule has 1 aliphatic carbocycles. The van der Waals surface area contributed by atoms with E-state index in [9.17, 15) is 10.1 Å². The van der Waals surface area contributed by atoms with Crippen molar-refractivity contribution in [1.82, 2.24) is 0 Å². The summed E-state index contributed by atoms with van der Waals surface area (Å²) in [4.78, 5) is 10.1. The van der Waals surface area contributed by atoms with Crippen LogP contribution in [0.1, 0.15) is 24.8 Å². The smallest absolute Gasteiger partial charge is 0.258 e. The van der Waals surface area contributed by atoms with Crippen LogP contribution in [0.4, 0.5) is 5.69 Å². The number of hydrogen-bond donors (Lipinski definition) is 0. The molecule has 1 atom stereocenters. The van der Waals surface area contributed by atoms with E-state index >= 15 is 0 Å². The van der Waals surface area contributed by atoms with Crippen molar-refractivity contribution in [3.05, 3.63) is 39.9 Å². The van der Waals surface area contributed by atoms with E-state index in [2.05, 4.69) is 0 Å². The molecule has 0 bridgehead atoms. The summed E-state index contributed by atoms with van der Waals surface area (Å²) < 4.78 is 0. The summed E-state index contributed by atoms with van der Waals surface area (Å²) in [5, 5.41) is 10.6.